The molecule has 3 N–H and O–H groups in total. The maximum Gasteiger partial charge on any atom is 0.308 e. The van der Waals surface area contributed by atoms with Crippen LogP contribution in [0.4, 0.5) is 0 Å². The number of nitrogens with one attached hydrogen (secondary N) is 1. The van der Waals surface area contributed by atoms with Crippen LogP contribution in [0.3, 0.4) is 0 Å². The number of rotatable bonds is 11. The van der Waals surface area contributed by atoms with Crippen molar-refractivity contribution >= 4 is 17.8 Å². The van der Waals surface area contributed by atoms with Crippen molar-refractivity contribution in [3.8, 4) is 0 Å². The fraction of sp³-hybridized carbons (Fsp3) is 0.276. The maximum atomic E-state index is 13.5. The number of carbonyl (C=O) groups excluding carboxylic acids is 3. The summed E-state index contributed by atoms with van der Waals surface area (Å²) in [7, 11) is 0. The Balaban J connectivity index is 2.00. The van der Waals surface area contributed by atoms with E-state index in [4.69, 9.17) is 10.5 Å². The third-order valence-corrected chi connectivity index (χ3v) is 6.18. The van der Waals surface area contributed by atoms with Crippen molar-refractivity contribution in [1.29, 1.82) is 0 Å². The lowest BCUT2D eigenvalue weighted by atomic mass is 9.67. The van der Waals surface area contributed by atoms with E-state index in [9.17, 15) is 14.4 Å². The van der Waals surface area contributed by atoms with Gasteiger partial charge in [-0.1, -0.05) is 97.9 Å². The molecule has 6 heteroatoms. The van der Waals surface area contributed by atoms with Crippen LogP contribution in [0.2, 0.25) is 0 Å². The van der Waals surface area contributed by atoms with Crippen molar-refractivity contribution in [3.63, 3.8) is 0 Å². The van der Waals surface area contributed by atoms with Gasteiger partial charge in [0.15, 0.2) is 0 Å². The number of ether oxygens (including phenoxy) is 1. The minimum atomic E-state index is -0.998. The summed E-state index contributed by atoms with van der Waals surface area (Å²) >= 11 is 0. The van der Waals surface area contributed by atoms with Crippen LogP contribution in [0.1, 0.15) is 43.4 Å². The molecule has 0 aliphatic rings. The number of nitrogens with two attached hydrogens (primary N) is 1. The van der Waals surface area contributed by atoms with Gasteiger partial charge in [0, 0.05) is 6.42 Å². The fourth-order valence-electron chi connectivity index (χ4n) is 4.44. The highest BCUT2D eigenvalue weighted by Gasteiger charge is 2.39. The third kappa shape index (κ3) is 6.15. The highest BCUT2D eigenvalue weighted by molar-refractivity contribution is 5.88. The molecule has 182 valence electrons. The summed E-state index contributed by atoms with van der Waals surface area (Å²) in [5.41, 5.74) is 7.64. The van der Waals surface area contributed by atoms with Crippen molar-refractivity contribution in [2.45, 2.75) is 38.1 Å². The number of hydrogen-bond acceptors (Lipinski definition) is 4. The molecule has 35 heavy (non-hydrogen) atoms. The lowest BCUT2D eigenvalue weighted by molar-refractivity contribution is -0.148. The smallest absolute Gasteiger partial charge is 0.308 e. The molecular formula is C29H32N2O4. The summed E-state index contributed by atoms with van der Waals surface area (Å²) in [4.78, 5) is 37.8. The van der Waals surface area contributed by atoms with Crippen LogP contribution in [0.15, 0.2) is 91.0 Å². The van der Waals surface area contributed by atoms with Gasteiger partial charge < -0.3 is 15.8 Å². The Labute approximate surface area is 206 Å². The van der Waals surface area contributed by atoms with E-state index in [0.29, 0.717) is 0 Å². The zero-order valence-electron chi connectivity index (χ0n) is 20.1. The summed E-state index contributed by atoms with van der Waals surface area (Å²) in [5, 5.41) is 2.79. The first kappa shape index (κ1) is 25.7. The number of primary amides is 1. The molecule has 0 aromatic heterocycles. The minimum absolute atomic E-state index is 0.0443. The number of benzene rings is 3. The van der Waals surface area contributed by atoms with Crippen LogP contribution in [0, 0.1) is 5.92 Å². The monoisotopic (exact) mass is 472 g/mol. The second-order valence-electron chi connectivity index (χ2n) is 8.59. The van der Waals surface area contributed by atoms with Crippen molar-refractivity contribution in [2.24, 2.45) is 11.7 Å². The lowest BCUT2D eigenvalue weighted by Gasteiger charge is -2.36. The van der Waals surface area contributed by atoms with Gasteiger partial charge in [-0.05, 0) is 30.0 Å². The normalized spacial score (nSPS) is 12.9. The van der Waals surface area contributed by atoms with Gasteiger partial charge in [0.2, 0.25) is 11.8 Å². The van der Waals surface area contributed by atoms with Crippen LogP contribution in [0.25, 0.3) is 0 Å². The topological polar surface area (TPSA) is 98.5 Å². The zero-order valence-corrected chi connectivity index (χ0v) is 20.1. The van der Waals surface area contributed by atoms with Crippen LogP contribution in [0.5, 0.6) is 0 Å². The number of esters is 1. The van der Waals surface area contributed by atoms with Gasteiger partial charge in [-0.2, -0.15) is 0 Å². The average molecular weight is 473 g/mol. The Kier molecular flexibility index (Phi) is 8.79. The number of amides is 2. The molecule has 0 saturated carbocycles. The summed E-state index contributed by atoms with van der Waals surface area (Å²) < 4.78 is 5.04. The van der Waals surface area contributed by atoms with Crippen molar-refractivity contribution < 1.29 is 19.1 Å². The summed E-state index contributed by atoms with van der Waals surface area (Å²) in [6, 6.07) is 28.5. The molecule has 0 spiro atoms. The molecule has 3 aromatic carbocycles. The van der Waals surface area contributed by atoms with Gasteiger partial charge in [-0.3, -0.25) is 14.4 Å². The molecule has 2 atom stereocenters. The minimum Gasteiger partial charge on any atom is -0.466 e. The highest BCUT2D eigenvalue weighted by atomic mass is 16.5. The van der Waals surface area contributed by atoms with E-state index in [0.717, 1.165) is 16.7 Å². The quantitative estimate of drug-likeness (QED) is 0.326. The molecule has 3 aromatic rings. The van der Waals surface area contributed by atoms with Crippen molar-refractivity contribution in [3.05, 3.63) is 108 Å². The zero-order chi connectivity index (χ0) is 25.3. The second-order valence-corrected chi connectivity index (χ2v) is 8.59. The summed E-state index contributed by atoms with van der Waals surface area (Å²) in [6.07, 6.45) is 0.109. The van der Waals surface area contributed by atoms with Crippen molar-refractivity contribution in [1.82, 2.24) is 5.32 Å². The van der Waals surface area contributed by atoms with Crippen LogP contribution >= 0.6 is 0 Å². The maximum absolute atomic E-state index is 13.5. The van der Waals surface area contributed by atoms with Gasteiger partial charge >= 0.3 is 5.97 Å². The highest BCUT2D eigenvalue weighted by Crippen LogP contribution is 2.42. The predicted molar refractivity (Wildman–Crippen MR) is 135 cm³/mol. The van der Waals surface area contributed by atoms with E-state index >= 15 is 0 Å². The Morgan fingerprint density at radius 3 is 1.63 bits per heavy atom. The molecule has 0 bridgehead atoms. The lowest BCUT2D eigenvalue weighted by Crippen LogP contribution is -2.48. The molecule has 3 rings (SSSR count). The summed E-state index contributed by atoms with van der Waals surface area (Å²) in [6.45, 7) is 3.61. The van der Waals surface area contributed by atoms with E-state index in [1.807, 2.05) is 91.0 Å². The number of carbonyl (C=O) groups is 3. The molecule has 0 unspecified atom stereocenters. The van der Waals surface area contributed by atoms with Gasteiger partial charge in [0.05, 0.1) is 17.9 Å². The molecule has 0 fully saturated rings. The molecule has 0 aliphatic carbocycles. The second kappa shape index (κ2) is 12.0. The molecule has 0 heterocycles. The first-order valence-electron chi connectivity index (χ1n) is 11.8. The molecule has 2 amide bonds. The van der Waals surface area contributed by atoms with Gasteiger partial charge in [0.1, 0.15) is 6.04 Å². The van der Waals surface area contributed by atoms with Gasteiger partial charge in [-0.25, -0.2) is 0 Å². The number of hydrogen-bond donors (Lipinski definition) is 2. The van der Waals surface area contributed by atoms with E-state index in [1.54, 1.807) is 13.8 Å². The SMILES string of the molecule is CCOC(=O)[C@@H](C)C[C@@H](NC(=O)CC(c1ccccc1)(c1ccccc1)c1ccccc1)C(N)=O. The van der Waals surface area contributed by atoms with Crippen LogP contribution < -0.4 is 11.1 Å². The third-order valence-electron chi connectivity index (χ3n) is 6.18. The molecule has 0 saturated heterocycles. The average Bonchev–Trinajstić information content (AvgIpc) is 2.88. The molecule has 6 nitrogen and oxygen atoms in total. The molecule has 0 aliphatic heterocycles. The van der Waals surface area contributed by atoms with E-state index < -0.39 is 29.3 Å². The van der Waals surface area contributed by atoms with Crippen LogP contribution in [-0.4, -0.2) is 30.4 Å². The van der Waals surface area contributed by atoms with Gasteiger partial charge in [0.25, 0.3) is 0 Å². The standard InChI is InChI=1S/C29H32N2O4/c1-3-35-28(34)21(2)19-25(27(30)33)31-26(32)20-29(22-13-7-4-8-14-22,23-15-9-5-10-16-23)24-17-11-6-12-18-24/h4-18,21,25H,3,19-20H2,1-2H3,(H2,30,33)(H,31,32)/t21-,25+/m0/s1. The van der Waals surface area contributed by atoms with Crippen LogP contribution in [-0.2, 0) is 24.5 Å². The first-order valence-corrected chi connectivity index (χ1v) is 11.8. The Morgan fingerprint density at radius 2 is 1.26 bits per heavy atom. The molecule has 0 radical (unpaired) electrons. The Bertz CT molecular complexity index is 1020. The van der Waals surface area contributed by atoms with Crippen molar-refractivity contribution in [2.75, 3.05) is 6.61 Å². The van der Waals surface area contributed by atoms with E-state index in [2.05, 4.69) is 5.32 Å². The Hall–Kier alpha value is -3.93. The fourth-order valence-corrected chi connectivity index (χ4v) is 4.44. The van der Waals surface area contributed by atoms with E-state index in [1.165, 1.54) is 0 Å². The predicted octanol–water partition coefficient (Wildman–Crippen LogP) is 3.97. The Morgan fingerprint density at radius 1 is 0.829 bits per heavy atom. The van der Waals surface area contributed by atoms with Gasteiger partial charge in [-0.15, -0.1) is 0 Å². The first-order chi connectivity index (χ1) is 16.9. The largest absolute Gasteiger partial charge is 0.466 e. The molecular weight excluding hydrogens is 440 g/mol. The summed E-state index contributed by atoms with van der Waals surface area (Å²) in [5.74, 6) is -2.06. The van der Waals surface area contributed by atoms with E-state index in [-0.39, 0.29) is 25.4 Å².